The van der Waals surface area contributed by atoms with Crippen LogP contribution in [0.3, 0.4) is 0 Å². The van der Waals surface area contributed by atoms with Crippen LogP contribution in [-0.2, 0) is 5.75 Å². The van der Waals surface area contributed by atoms with Gasteiger partial charge < -0.3 is 5.73 Å². The number of aryl methyl sites for hydroxylation is 2. The molecular weight excluding hydrogens is 246 g/mol. The van der Waals surface area contributed by atoms with E-state index < -0.39 is 0 Å². The van der Waals surface area contributed by atoms with E-state index in [-0.39, 0.29) is 0 Å². The average Bonchev–Trinajstić information content (AvgIpc) is 2.35. The zero-order chi connectivity index (χ0) is 13.1. The first-order valence-corrected chi connectivity index (χ1v) is 6.56. The number of nitrogens with zero attached hydrogens (tertiary/aromatic N) is 4. The Labute approximate surface area is 110 Å². The third-order valence-corrected chi connectivity index (χ3v) is 3.57. The van der Waals surface area contributed by atoms with Crippen LogP contribution in [0.4, 0.5) is 5.82 Å². The van der Waals surface area contributed by atoms with Crippen LogP contribution in [0.2, 0.25) is 0 Å². The van der Waals surface area contributed by atoms with Gasteiger partial charge in [0.15, 0.2) is 5.16 Å². The lowest BCUT2D eigenvalue weighted by atomic mass is 10.2. The molecular formula is C12H15N5S. The molecule has 0 radical (unpaired) electrons. The van der Waals surface area contributed by atoms with Crippen molar-refractivity contribution in [2.45, 2.75) is 31.7 Å². The van der Waals surface area contributed by atoms with Crippen LogP contribution in [0.25, 0.3) is 0 Å². The SMILES string of the molecule is Cc1nc(SCc2cnc(N)cn2)nc(C)c1C. The van der Waals surface area contributed by atoms with E-state index in [0.29, 0.717) is 11.6 Å². The molecule has 18 heavy (non-hydrogen) atoms. The molecule has 0 aliphatic rings. The first-order valence-electron chi connectivity index (χ1n) is 5.57. The Balaban J connectivity index is 2.08. The molecule has 2 heterocycles. The van der Waals surface area contributed by atoms with Crippen LogP contribution in [0.5, 0.6) is 0 Å². The third kappa shape index (κ3) is 2.95. The van der Waals surface area contributed by atoms with Crippen molar-refractivity contribution in [2.75, 3.05) is 5.73 Å². The molecule has 0 aromatic carbocycles. The van der Waals surface area contributed by atoms with E-state index in [1.807, 2.05) is 20.8 Å². The summed E-state index contributed by atoms with van der Waals surface area (Å²) >= 11 is 1.55. The second-order valence-electron chi connectivity index (χ2n) is 4.02. The lowest BCUT2D eigenvalue weighted by Gasteiger charge is -2.06. The van der Waals surface area contributed by atoms with Crippen molar-refractivity contribution in [1.29, 1.82) is 0 Å². The summed E-state index contributed by atoms with van der Waals surface area (Å²) in [5.41, 5.74) is 9.54. The highest BCUT2D eigenvalue weighted by molar-refractivity contribution is 7.98. The Hall–Kier alpha value is -1.69. The Morgan fingerprint density at radius 2 is 1.72 bits per heavy atom. The van der Waals surface area contributed by atoms with Crippen LogP contribution < -0.4 is 5.73 Å². The van der Waals surface area contributed by atoms with Gasteiger partial charge in [0.25, 0.3) is 0 Å². The summed E-state index contributed by atoms with van der Waals surface area (Å²) in [5, 5.41) is 0.772. The van der Waals surface area contributed by atoms with Gasteiger partial charge in [-0.1, -0.05) is 11.8 Å². The highest BCUT2D eigenvalue weighted by Crippen LogP contribution is 2.20. The van der Waals surface area contributed by atoms with Gasteiger partial charge in [0, 0.05) is 17.1 Å². The lowest BCUT2D eigenvalue weighted by Crippen LogP contribution is -1.99. The molecule has 2 rings (SSSR count). The van der Waals surface area contributed by atoms with Gasteiger partial charge in [-0.15, -0.1) is 0 Å². The monoisotopic (exact) mass is 261 g/mol. The summed E-state index contributed by atoms with van der Waals surface area (Å²) < 4.78 is 0. The molecule has 6 heteroatoms. The zero-order valence-corrected chi connectivity index (χ0v) is 11.5. The first kappa shape index (κ1) is 12.8. The number of nitrogens with two attached hydrogens (primary N) is 1. The zero-order valence-electron chi connectivity index (χ0n) is 10.6. The van der Waals surface area contributed by atoms with E-state index in [9.17, 15) is 0 Å². The largest absolute Gasteiger partial charge is 0.382 e. The minimum Gasteiger partial charge on any atom is -0.382 e. The smallest absolute Gasteiger partial charge is 0.188 e. The lowest BCUT2D eigenvalue weighted by molar-refractivity contribution is 0.880. The summed E-state index contributed by atoms with van der Waals surface area (Å²) in [6.07, 6.45) is 3.23. The van der Waals surface area contributed by atoms with Gasteiger partial charge in [0.2, 0.25) is 0 Å². The molecule has 0 aliphatic heterocycles. The van der Waals surface area contributed by atoms with Gasteiger partial charge in [-0.25, -0.2) is 15.0 Å². The van der Waals surface area contributed by atoms with Crippen LogP contribution >= 0.6 is 11.8 Å². The molecule has 94 valence electrons. The summed E-state index contributed by atoms with van der Waals surface area (Å²) in [5.74, 6) is 1.12. The second-order valence-corrected chi connectivity index (χ2v) is 4.97. The third-order valence-electron chi connectivity index (χ3n) is 2.69. The van der Waals surface area contributed by atoms with E-state index in [4.69, 9.17) is 5.73 Å². The number of anilines is 1. The first-order chi connectivity index (χ1) is 8.56. The van der Waals surface area contributed by atoms with Gasteiger partial charge in [0.05, 0.1) is 18.1 Å². The highest BCUT2D eigenvalue weighted by Gasteiger charge is 2.06. The minimum absolute atomic E-state index is 0.432. The van der Waals surface area contributed by atoms with Gasteiger partial charge in [-0.2, -0.15) is 0 Å². The summed E-state index contributed by atoms with van der Waals surface area (Å²) in [6, 6.07) is 0. The van der Waals surface area contributed by atoms with Crippen molar-refractivity contribution in [2.24, 2.45) is 0 Å². The number of aromatic nitrogens is 4. The average molecular weight is 261 g/mol. The van der Waals surface area contributed by atoms with Crippen molar-refractivity contribution in [1.82, 2.24) is 19.9 Å². The molecule has 0 saturated carbocycles. The maximum absolute atomic E-state index is 5.49. The molecule has 2 N–H and O–H groups in total. The molecule has 0 atom stereocenters. The van der Waals surface area contributed by atoms with Crippen molar-refractivity contribution >= 4 is 17.6 Å². The topological polar surface area (TPSA) is 77.6 Å². The number of hydrogen-bond donors (Lipinski definition) is 1. The standard InChI is InChI=1S/C12H15N5S/c1-7-8(2)16-12(17-9(7)3)18-6-10-4-15-11(13)5-14-10/h4-5H,6H2,1-3H3,(H2,13,15). The molecule has 0 unspecified atom stereocenters. The van der Waals surface area contributed by atoms with Gasteiger partial charge in [0.1, 0.15) is 5.82 Å². The molecule has 2 aromatic rings. The van der Waals surface area contributed by atoms with Gasteiger partial charge in [-0.3, -0.25) is 4.98 Å². The van der Waals surface area contributed by atoms with E-state index in [2.05, 4.69) is 19.9 Å². The fraction of sp³-hybridized carbons (Fsp3) is 0.333. The van der Waals surface area contributed by atoms with E-state index in [1.54, 1.807) is 24.2 Å². The molecule has 0 aliphatic carbocycles. The normalized spacial score (nSPS) is 10.6. The quantitative estimate of drug-likeness (QED) is 0.673. The number of thioether (sulfide) groups is 1. The highest BCUT2D eigenvalue weighted by atomic mass is 32.2. The predicted molar refractivity (Wildman–Crippen MR) is 72.2 cm³/mol. The number of hydrogen-bond acceptors (Lipinski definition) is 6. The maximum atomic E-state index is 5.49. The Morgan fingerprint density at radius 3 is 2.28 bits per heavy atom. The Kier molecular flexibility index (Phi) is 3.76. The Bertz CT molecular complexity index is 530. The van der Waals surface area contributed by atoms with Crippen molar-refractivity contribution in [3.63, 3.8) is 0 Å². The van der Waals surface area contributed by atoms with Crippen LogP contribution in [-0.4, -0.2) is 19.9 Å². The summed E-state index contributed by atoms with van der Waals surface area (Å²) in [6.45, 7) is 6.03. The molecule has 0 fully saturated rings. The molecule has 2 aromatic heterocycles. The van der Waals surface area contributed by atoms with Crippen LogP contribution in [0, 0.1) is 20.8 Å². The van der Waals surface area contributed by atoms with Gasteiger partial charge >= 0.3 is 0 Å². The molecule has 5 nitrogen and oxygen atoms in total. The maximum Gasteiger partial charge on any atom is 0.188 e. The van der Waals surface area contributed by atoms with Crippen LogP contribution in [0.1, 0.15) is 22.6 Å². The predicted octanol–water partition coefficient (Wildman–Crippen LogP) is 2.07. The van der Waals surface area contributed by atoms with Crippen molar-refractivity contribution < 1.29 is 0 Å². The van der Waals surface area contributed by atoms with E-state index >= 15 is 0 Å². The molecule has 0 amide bonds. The van der Waals surface area contributed by atoms with E-state index in [1.165, 1.54) is 0 Å². The molecule has 0 bridgehead atoms. The van der Waals surface area contributed by atoms with Crippen LogP contribution in [0.15, 0.2) is 17.6 Å². The Morgan fingerprint density at radius 1 is 1.06 bits per heavy atom. The fourth-order valence-corrected chi connectivity index (χ4v) is 2.21. The minimum atomic E-state index is 0.432. The molecule has 0 saturated heterocycles. The van der Waals surface area contributed by atoms with Gasteiger partial charge in [-0.05, 0) is 26.3 Å². The second kappa shape index (κ2) is 5.30. The summed E-state index contributed by atoms with van der Waals surface area (Å²) in [7, 11) is 0. The van der Waals surface area contributed by atoms with Crippen molar-refractivity contribution in [3.05, 3.63) is 35.0 Å². The number of rotatable bonds is 3. The fourth-order valence-electron chi connectivity index (χ4n) is 1.38. The molecule has 0 spiro atoms. The number of nitrogen functional groups attached to an aromatic ring is 1. The van der Waals surface area contributed by atoms with E-state index in [0.717, 1.165) is 27.8 Å². The summed E-state index contributed by atoms with van der Waals surface area (Å²) in [4.78, 5) is 17.1. The van der Waals surface area contributed by atoms with Crippen molar-refractivity contribution in [3.8, 4) is 0 Å².